The first-order valence-corrected chi connectivity index (χ1v) is 7.78. The van der Waals surface area contributed by atoms with E-state index < -0.39 is 0 Å². The highest BCUT2D eigenvalue weighted by atomic mass is 79.9. The Morgan fingerprint density at radius 2 is 2.10 bits per heavy atom. The maximum atomic E-state index is 12.3. The third-order valence-electron chi connectivity index (χ3n) is 2.92. The molecule has 106 valence electrons. The van der Waals surface area contributed by atoms with Gasteiger partial charge in [0.1, 0.15) is 5.76 Å². The zero-order valence-electron chi connectivity index (χ0n) is 10.8. The summed E-state index contributed by atoms with van der Waals surface area (Å²) < 4.78 is 6.09. The molecule has 0 saturated carbocycles. The first-order chi connectivity index (χ1) is 10.1. The summed E-state index contributed by atoms with van der Waals surface area (Å²) in [6, 6.07) is 11.0. The van der Waals surface area contributed by atoms with Gasteiger partial charge in [-0.2, -0.15) is 0 Å². The summed E-state index contributed by atoms with van der Waals surface area (Å²) in [6.07, 6.45) is 3.11. The van der Waals surface area contributed by atoms with E-state index in [0.29, 0.717) is 10.7 Å². The van der Waals surface area contributed by atoms with Gasteiger partial charge < -0.3 is 4.42 Å². The minimum absolute atomic E-state index is 0.263. The SMILES string of the molecule is O=C1S/C(=C/c2ccco2)C(=O)N1Cc1cccc(Br)c1. The molecule has 1 fully saturated rings. The van der Waals surface area contributed by atoms with Crippen LogP contribution in [0, 0.1) is 0 Å². The fourth-order valence-corrected chi connectivity index (χ4v) is 3.22. The molecular formula is C15H10BrNO3S. The van der Waals surface area contributed by atoms with Gasteiger partial charge in [0.05, 0.1) is 17.7 Å². The summed E-state index contributed by atoms with van der Waals surface area (Å²) in [7, 11) is 0. The molecule has 0 spiro atoms. The van der Waals surface area contributed by atoms with Crippen molar-refractivity contribution in [1.29, 1.82) is 0 Å². The van der Waals surface area contributed by atoms with Crippen LogP contribution in [0.25, 0.3) is 6.08 Å². The van der Waals surface area contributed by atoms with E-state index >= 15 is 0 Å². The molecule has 3 rings (SSSR count). The van der Waals surface area contributed by atoms with Crippen LogP contribution < -0.4 is 0 Å². The lowest BCUT2D eigenvalue weighted by Gasteiger charge is -2.12. The predicted molar refractivity (Wildman–Crippen MR) is 84.4 cm³/mol. The fourth-order valence-electron chi connectivity index (χ4n) is 1.96. The van der Waals surface area contributed by atoms with Crippen molar-refractivity contribution in [2.24, 2.45) is 0 Å². The molecule has 21 heavy (non-hydrogen) atoms. The van der Waals surface area contributed by atoms with Gasteiger partial charge in [-0.1, -0.05) is 28.1 Å². The number of halogens is 1. The van der Waals surface area contributed by atoms with E-state index in [-0.39, 0.29) is 17.7 Å². The molecule has 1 aliphatic rings. The highest BCUT2D eigenvalue weighted by molar-refractivity contribution is 9.10. The van der Waals surface area contributed by atoms with Crippen molar-refractivity contribution in [3.63, 3.8) is 0 Å². The van der Waals surface area contributed by atoms with Crippen LogP contribution >= 0.6 is 27.7 Å². The normalized spacial score (nSPS) is 17.0. The molecule has 1 aromatic heterocycles. The standard InChI is InChI=1S/C15H10BrNO3S/c16-11-4-1-3-10(7-11)9-17-14(18)13(21-15(17)19)8-12-5-2-6-20-12/h1-8H,9H2/b13-8+. The lowest BCUT2D eigenvalue weighted by atomic mass is 10.2. The molecule has 0 N–H and O–H groups in total. The third-order valence-corrected chi connectivity index (χ3v) is 4.32. The van der Waals surface area contributed by atoms with Crippen LogP contribution in [0.1, 0.15) is 11.3 Å². The second kappa shape index (κ2) is 5.91. The summed E-state index contributed by atoms with van der Waals surface area (Å²) in [6.45, 7) is 0.263. The average molecular weight is 364 g/mol. The molecule has 6 heteroatoms. The van der Waals surface area contributed by atoms with Crippen molar-refractivity contribution in [3.05, 3.63) is 63.4 Å². The van der Waals surface area contributed by atoms with Gasteiger partial charge >= 0.3 is 0 Å². The van der Waals surface area contributed by atoms with Gasteiger partial charge in [-0.05, 0) is 41.6 Å². The van der Waals surface area contributed by atoms with Crippen LogP contribution in [0.15, 0.2) is 56.5 Å². The highest BCUT2D eigenvalue weighted by Gasteiger charge is 2.35. The van der Waals surface area contributed by atoms with Crippen LogP contribution in [-0.4, -0.2) is 16.0 Å². The van der Waals surface area contributed by atoms with Crippen LogP contribution in [0.2, 0.25) is 0 Å². The largest absolute Gasteiger partial charge is 0.465 e. The fraction of sp³-hybridized carbons (Fsp3) is 0.0667. The number of nitrogens with zero attached hydrogens (tertiary/aromatic N) is 1. The van der Waals surface area contributed by atoms with Gasteiger partial charge in [0, 0.05) is 10.5 Å². The first kappa shape index (κ1) is 14.2. The molecule has 0 aliphatic carbocycles. The molecule has 0 atom stereocenters. The second-order valence-corrected chi connectivity index (χ2v) is 6.32. The van der Waals surface area contributed by atoms with Gasteiger partial charge in [-0.15, -0.1) is 0 Å². The van der Waals surface area contributed by atoms with E-state index in [1.807, 2.05) is 24.3 Å². The van der Waals surface area contributed by atoms with Crippen molar-refractivity contribution in [2.45, 2.75) is 6.54 Å². The lowest BCUT2D eigenvalue weighted by Crippen LogP contribution is -2.27. The van der Waals surface area contributed by atoms with Gasteiger partial charge in [0.15, 0.2) is 0 Å². The minimum Gasteiger partial charge on any atom is -0.465 e. The van der Waals surface area contributed by atoms with Gasteiger partial charge in [0.25, 0.3) is 11.1 Å². The van der Waals surface area contributed by atoms with E-state index in [1.165, 1.54) is 11.2 Å². The molecule has 0 radical (unpaired) electrons. The van der Waals surface area contributed by atoms with Gasteiger partial charge in [-0.25, -0.2) is 0 Å². The van der Waals surface area contributed by atoms with Crippen molar-refractivity contribution in [3.8, 4) is 0 Å². The number of benzene rings is 1. The predicted octanol–water partition coefficient (Wildman–Crippen LogP) is 4.28. The van der Waals surface area contributed by atoms with E-state index in [9.17, 15) is 9.59 Å². The summed E-state index contributed by atoms with van der Waals surface area (Å²) in [5, 5.41) is -0.266. The number of rotatable bonds is 3. The van der Waals surface area contributed by atoms with Crippen LogP contribution in [-0.2, 0) is 11.3 Å². The monoisotopic (exact) mass is 363 g/mol. The Bertz CT molecular complexity index is 724. The Balaban J connectivity index is 1.81. The molecule has 2 amide bonds. The number of carbonyl (C=O) groups is 2. The van der Waals surface area contributed by atoms with E-state index in [4.69, 9.17) is 4.42 Å². The summed E-state index contributed by atoms with van der Waals surface area (Å²) in [4.78, 5) is 25.9. The van der Waals surface area contributed by atoms with Crippen LogP contribution in [0.5, 0.6) is 0 Å². The number of imide groups is 1. The van der Waals surface area contributed by atoms with Crippen LogP contribution in [0.3, 0.4) is 0 Å². The van der Waals surface area contributed by atoms with Crippen LogP contribution in [0.4, 0.5) is 4.79 Å². The quantitative estimate of drug-likeness (QED) is 0.763. The molecule has 2 heterocycles. The molecule has 4 nitrogen and oxygen atoms in total. The first-order valence-electron chi connectivity index (χ1n) is 6.17. The number of hydrogen-bond acceptors (Lipinski definition) is 4. The number of thioether (sulfide) groups is 1. The number of amides is 2. The van der Waals surface area contributed by atoms with Crippen molar-refractivity contribution < 1.29 is 14.0 Å². The topological polar surface area (TPSA) is 50.5 Å². The zero-order valence-corrected chi connectivity index (χ0v) is 13.2. The maximum absolute atomic E-state index is 12.3. The second-order valence-electron chi connectivity index (χ2n) is 4.41. The maximum Gasteiger partial charge on any atom is 0.293 e. The summed E-state index contributed by atoms with van der Waals surface area (Å²) in [5.41, 5.74) is 0.894. The number of hydrogen-bond donors (Lipinski definition) is 0. The van der Waals surface area contributed by atoms with Crippen molar-refractivity contribution in [2.75, 3.05) is 0 Å². The van der Waals surface area contributed by atoms with Gasteiger partial charge in [0.2, 0.25) is 0 Å². The van der Waals surface area contributed by atoms with E-state index in [0.717, 1.165) is 21.8 Å². The molecule has 2 aromatic rings. The van der Waals surface area contributed by atoms with Crippen molar-refractivity contribution in [1.82, 2.24) is 4.90 Å². The molecule has 0 bridgehead atoms. The Labute approximate surface area is 133 Å². The summed E-state index contributed by atoms with van der Waals surface area (Å²) >= 11 is 4.31. The molecule has 0 unspecified atom stereocenters. The number of carbonyl (C=O) groups excluding carboxylic acids is 2. The summed E-state index contributed by atoms with van der Waals surface area (Å²) in [5.74, 6) is 0.268. The molecule has 1 saturated heterocycles. The Morgan fingerprint density at radius 1 is 1.24 bits per heavy atom. The highest BCUT2D eigenvalue weighted by Crippen LogP contribution is 2.33. The molecule has 1 aromatic carbocycles. The zero-order chi connectivity index (χ0) is 14.8. The van der Waals surface area contributed by atoms with Crippen molar-refractivity contribution >= 4 is 44.9 Å². The molecular weight excluding hydrogens is 354 g/mol. The Kier molecular flexibility index (Phi) is 3.98. The van der Waals surface area contributed by atoms with E-state index in [2.05, 4.69) is 15.9 Å². The molecule has 1 aliphatic heterocycles. The third kappa shape index (κ3) is 3.11. The van der Waals surface area contributed by atoms with E-state index in [1.54, 1.807) is 18.2 Å². The number of furan rings is 1. The Hall–Kier alpha value is -1.79. The van der Waals surface area contributed by atoms with Gasteiger partial charge in [-0.3, -0.25) is 14.5 Å². The minimum atomic E-state index is -0.290. The Morgan fingerprint density at radius 3 is 2.81 bits per heavy atom. The smallest absolute Gasteiger partial charge is 0.293 e. The lowest BCUT2D eigenvalue weighted by molar-refractivity contribution is -0.123. The average Bonchev–Trinajstić information content (AvgIpc) is 3.04.